The molecule has 0 saturated carbocycles. The summed E-state index contributed by atoms with van der Waals surface area (Å²) >= 11 is 0. The lowest BCUT2D eigenvalue weighted by atomic mass is 10.1. The summed E-state index contributed by atoms with van der Waals surface area (Å²) in [6.07, 6.45) is 6.18. The van der Waals surface area contributed by atoms with Gasteiger partial charge in [0, 0.05) is 50.6 Å². The van der Waals surface area contributed by atoms with E-state index in [2.05, 4.69) is 47.1 Å². The largest absolute Gasteiger partial charge is 0.396 e. The van der Waals surface area contributed by atoms with Crippen LogP contribution in [0, 0.1) is 5.92 Å². The maximum absolute atomic E-state index is 9.46. The normalized spacial score (nSPS) is 19.3. The van der Waals surface area contributed by atoms with Gasteiger partial charge in [0.15, 0.2) is 0 Å². The van der Waals surface area contributed by atoms with E-state index >= 15 is 0 Å². The number of benzene rings is 1. The molecule has 0 bridgehead atoms. The van der Waals surface area contributed by atoms with E-state index in [4.69, 9.17) is 0 Å². The van der Waals surface area contributed by atoms with E-state index in [1.807, 2.05) is 29.1 Å². The molecule has 1 atom stereocenters. The van der Waals surface area contributed by atoms with Gasteiger partial charge in [-0.2, -0.15) is 5.10 Å². The molecule has 26 heavy (non-hydrogen) atoms. The van der Waals surface area contributed by atoms with E-state index in [9.17, 15) is 5.11 Å². The average molecular weight is 357 g/mol. The second-order valence-corrected chi connectivity index (χ2v) is 7.75. The van der Waals surface area contributed by atoms with Crippen molar-refractivity contribution in [3.8, 4) is 5.69 Å². The van der Waals surface area contributed by atoms with Crippen molar-refractivity contribution in [1.29, 1.82) is 0 Å². The highest BCUT2D eigenvalue weighted by atomic mass is 16.3. The first kappa shape index (κ1) is 19.1. The first-order valence-electron chi connectivity index (χ1n) is 9.82. The van der Waals surface area contributed by atoms with E-state index < -0.39 is 0 Å². The van der Waals surface area contributed by atoms with Gasteiger partial charge in [-0.1, -0.05) is 32.0 Å². The number of rotatable bonds is 8. The molecule has 0 unspecified atom stereocenters. The summed E-state index contributed by atoms with van der Waals surface area (Å²) in [6, 6.07) is 10.7. The molecule has 1 aromatic carbocycles. The number of aromatic nitrogens is 2. The van der Waals surface area contributed by atoms with Crippen molar-refractivity contribution < 1.29 is 5.11 Å². The fourth-order valence-corrected chi connectivity index (χ4v) is 3.66. The molecule has 1 N–H and O–H groups in total. The standard InChI is InChI=1S/C21H32N4O/c1-18(2)8-10-24-12-11-23(17-21(24)9-13-26)15-19-14-22-25(16-19)20-6-4-3-5-7-20/h3-7,14,16,18,21,26H,8-13,15,17H2,1-2H3/t21-/m1/s1. The first-order valence-corrected chi connectivity index (χ1v) is 9.82. The van der Waals surface area contributed by atoms with Crippen molar-refractivity contribution in [2.24, 2.45) is 5.92 Å². The Bertz CT molecular complexity index is 655. The van der Waals surface area contributed by atoms with Crippen LogP contribution in [-0.4, -0.2) is 63.5 Å². The van der Waals surface area contributed by atoms with Crippen LogP contribution in [0.1, 0.15) is 32.3 Å². The summed E-state index contributed by atoms with van der Waals surface area (Å²) in [5, 5.41) is 14.0. The molecule has 0 radical (unpaired) electrons. The monoisotopic (exact) mass is 356 g/mol. The molecule has 2 heterocycles. The van der Waals surface area contributed by atoms with E-state index in [-0.39, 0.29) is 6.61 Å². The Hall–Kier alpha value is -1.69. The van der Waals surface area contributed by atoms with Crippen LogP contribution in [0.5, 0.6) is 0 Å². The van der Waals surface area contributed by atoms with Crippen LogP contribution in [0.3, 0.4) is 0 Å². The highest BCUT2D eigenvalue weighted by molar-refractivity contribution is 5.30. The van der Waals surface area contributed by atoms with Gasteiger partial charge in [-0.3, -0.25) is 9.80 Å². The molecular weight excluding hydrogens is 324 g/mol. The van der Waals surface area contributed by atoms with Crippen molar-refractivity contribution in [3.63, 3.8) is 0 Å². The Labute approximate surface area is 157 Å². The van der Waals surface area contributed by atoms with Crippen LogP contribution in [0.25, 0.3) is 5.69 Å². The first-order chi connectivity index (χ1) is 12.7. The summed E-state index contributed by atoms with van der Waals surface area (Å²) in [7, 11) is 0. The minimum absolute atomic E-state index is 0.266. The molecule has 1 aliphatic heterocycles. The van der Waals surface area contributed by atoms with Gasteiger partial charge in [0.05, 0.1) is 11.9 Å². The zero-order valence-corrected chi connectivity index (χ0v) is 16.1. The van der Waals surface area contributed by atoms with Gasteiger partial charge in [-0.05, 0) is 37.4 Å². The third-order valence-corrected chi connectivity index (χ3v) is 5.21. The van der Waals surface area contributed by atoms with E-state index in [1.54, 1.807) is 0 Å². The smallest absolute Gasteiger partial charge is 0.0645 e. The van der Waals surface area contributed by atoms with Crippen LogP contribution in [0.15, 0.2) is 42.7 Å². The molecule has 142 valence electrons. The van der Waals surface area contributed by atoms with Crippen molar-refractivity contribution in [1.82, 2.24) is 19.6 Å². The Morgan fingerprint density at radius 3 is 2.73 bits per heavy atom. The maximum Gasteiger partial charge on any atom is 0.0645 e. The molecule has 1 aromatic heterocycles. The number of nitrogens with zero attached hydrogens (tertiary/aromatic N) is 4. The second-order valence-electron chi connectivity index (χ2n) is 7.75. The quantitative estimate of drug-likeness (QED) is 0.790. The van der Waals surface area contributed by atoms with Gasteiger partial charge in [0.25, 0.3) is 0 Å². The van der Waals surface area contributed by atoms with E-state index in [1.165, 1.54) is 12.0 Å². The van der Waals surface area contributed by atoms with Crippen molar-refractivity contribution >= 4 is 0 Å². The second kappa shape index (κ2) is 9.31. The molecule has 3 rings (SSSR count). The third-order valence-electron chi connectivity index (χ3n) is 5.21. The molecule has 1 aliphatic rings. The topological polar surface area (TPSA) is 44.5 Å². The van der Waals surface area contributed by atoms with Crippen molar-refractivity contribution in [3.05, 3.63) is 48.3 Å². The van der Waals surface area contributed by atoms with Crippen molar-refractivity contribution in [2.45, 2.75) is 39.3 Å². The summed E-state index contributed by atoms with van der Waals surface area (Å²) in [5.74, 6) is 0.728. The Balaban J connectivity index is 1.58. The zero-order valence-electron chi connectivity index (χ0n) is 16.1. The van der Waals surface area contributed by atoms with Crippen LogP contribution in [0.4, 0.5) is 0 Å². The minimum atomic E-state index is 0.266. The van der Waals surface area contributed by atoms with Gasteiger partial charge < -0.3 is 5.11 Å². The van der Waals surface area contributed by atoms with Crippen LogP contribution < -0.4 is 0 Å². The fourth-order valence-electron chi connectivity index (χ4n) is 3.66. The lowest BCUT2D eigenvalue weighted by molar-refractivity contribution is 0.0524. The van der Waals surface area contributed by atoms with Gasteiger partial charge >= 0.3 is 0 Å². The number of hydrogen-bond acceptors (Lipinski definition) is 4. The molecule has 5 nitrogen and oxygen atoms in total. The molecule has 0 aliphatic carbocycles. The van der Waals surface area contributed by atoms with E-state index in [0.717, 1.165) is 50.7 Å². The zero-order chi connectivity index (χ0) is 18.4. The van der Waals surface area contributed by atoms with Crippen LogP contribution in [-0.2, 0) is 6.54 Å². The third kappa shape index (κ3) is 5.16. The SMILES string of the molecule is CC(C)CCN1CCN(Cc2cnn(-c3ccccc3)c2)C[C@H]1CCO. The number of piperazine rings is 1. The van der Waals surface area contributed by atoms with Crippen LogP contribution >= 0.6 is 0 Å². The number of para-hydroxylation sites is 1. The lowest BCUT2D eigenvalue weighted by Gasteiger charge is -2.41. The number of aliphatic hydroxyl groups excluding tert-OH is 1. The lowest BCUT2D eigenvalue weighted by Crippen LogP contribution is -2.53. The minimum Gasteiger partial charge on any atom is -0.396 e. The highest BCUT2D eigenvalue weighted by Gasteiger charge is 2.26. The molecular formula is C21H32N4O. The Morgan fingerprint density at radius 1 is 1.19 bits per heavy atom. The molecule has 1 saturated heterocycles. The number of aliphatic hydroxyl groups is 1. The molecule has 1 fully saturated rings. The summed E-state index contributed by atoms with van der Waals surface area (Å²) in [4.78, 5) is 5.07. The predicted octanol–water partition coefficient (Wildman–Crippen LogP) is 2.79. The fraction of sp³-hybridized carbons (Fsp3) is 0.571. The van der Waals surface area contributed by atoms with Gasteiger partial charge in [0.2, 0.25) is 0 Å². The predicted molar refractivity (Wildman–Crippen MR) is 105 cm³/mol. The van der Waals surface area contributed by atoms with Gasteiger partial charge in [0.1, 0.15) is 0 Å². The summed E-state index contributed by atoms with van der Waals surface area (Å²) in [5.41, 5.74) is 2.34. The van der Waals surface area contributed by atoms with E-state index in [0.29, 0.717) is 6.04 Å². The average Bonchev–Trinajstić information content (AvgIpc) is 3.10. The van der Waals surface area contributed by atoms with Crippen LogP contribution in [0.2, 0.25) is 0 Å². The molecule has 0 amide bonds. The summed E-state index contributed by atoms with van der Waals surface area (Å²) in [6.45, 7) is 10.1. The van der Waals surface area contributed by atoms with Gasteiger partial charge in [-0.15, -0.1) is 0 Å². The Kier molecular flexibility index (Phi) is 6.83. The molecule has 5 heteroatoms. The number of hydrogen-bond donors (Lipinski definition) is 1. The molecule has 2 aromatic rings. The molecule has 0 spiro atoms. The van der Waals surface area contributed by atoms with Gasteiger partial charge in [-0.25, -0.2) is 4.68 Å². The Morgan fingerprint density at radius 2 is 2.00 bits per heavy atom. The maximum atomic E-state index is 9.46. The highest BCUT2D eigenvalue weighted by Crippen LogP contribution is 2.17. The summed E-state index contributed by atoms with van der Waals surface area (Å²) < 4.78 is 1.94. The van der Waals surface area contributed by atoms with Crippen molar-refractivity contribution in [2.75, 3.05) is 32.8 Å².